The van der Waals surface area contributed by atoms with Crippen molar-refractivity contribution in [3.63, 3.8) is 0 Å². The normalized spacial score (nSPS) is 10.7. The Hall–Kier alpha value is -2.67. The minimum absolute atomic E-state index is 0.138. The van der Waals surface area contributed by atoms with Crippen LogP contribution < -0.4 is 5.32 Å². The van der Waals surface area contributed by atoms with E-state index in [1.807, 2.05) is 24.0 Å². The zero-order valence-electron chi connectivity index (χ0n) is 15.1. The maximum Gasteiger partial charge on any atom is 0.254 e. The molecule has 0 radical (unpaired) electrons. The van der Waals surface area contributed by atoms with Crippen LogP contribution in [0.3, 0.4) is 0 Å². The van der Waals surface area contributed by atoms with Gasteiger partial charge in [0.05, 0.1) is 11.8 Å². The summed E-state index contributed by atoms with van der Waals surface area (Å²) in [5, 5.41) is 7.84. The Bertz CT molecular complexity index is 895. The van der Waals surface area contributed by atoms with Gasteiger partial charge in [-0.15, -0.1) is 11.8 Å². The highest BCUT2D eigenvalue weighted by molar-refractivity contribution is 7.98. The summed E-state index contributed by atoms with van der Waals surface area (Å²) in [6.45, 7) is 3.32. The molecule has 0 unspecified atom stereocenters. The molecule has 2 aromatic heterocycles. The maximum absolute atomic E-state index is 13.0. The van der Waals surface area contributed by atoms with Gasteiger partial charge in [-0.3, -0.25) is 9.48 Å². The minimum atomic E-state index is -0.257. The lowest BCUT2D eigenvalue weighted by atomic mass is 10.2. The second-order valence-electron chi connectivity index (χ2n) is 6.16. The highest BCUT2D eigenvalue weighted by Crippen LogP contribution is 2.24. The molecule has 27 heavy (non-hydrogen) atoms. The zero-order valence-corrected chi connectivity index (χ0v) is 15.9. The Labute approximate surface area is 162 Å². The predicted molar refractivity (Wildman–Crippen MR) is 104 cm³/mol. The molecule has 0 aliphatic carbocycles. The molecule has 3 rings (SSSR count). The van der Waals surface area contributed by atoms with Gasteiger partial charge in [0, 0.05) is 31.2 Å². The molecule has 0 saturated carbocycles. The number of halogens is 1. The van der Waals surface area contributed by atoms with Gasteiger partial charge in [-0.1, -0.05) is 12.1 Å². The number of carbonyl (C=O) groups is 1. The van der Waals surface area contributed by atoms with E-state index in [-0.39, 0.29) is 11.7 Å². The lowest BCUT2D eigenvalue weighted by Gasteiger charge is -2.09. The van der Waals surface area contributed by atoms with Gasteiger partial charge in [0.15, 0.2) is 0 Å². The fourth-order valence-electron chi connectivity index (χ4n) is 2.54. The minimum Gasteiger partial charge on any atom is -0.352 e. The van der Waals surface area contributed by atoms with Crippen LogP contribution in [-0.2, 0) is 12.3 Å². The molecule has 0 fully saturated rings. The standard InChI is InChI=1S/C20H21FN4OS/c1-15-12-24-25(13-15)11-3-10-22-19(26)18-4-2-9-23-20(18)27-14-16-5-7-17(21)8-6-16/h2,4-9,12-13H,3,10-11,14H2,1H3,(H,22,26). The largest absolute Gasteiger partial charge is 0.352 e. The molecular formula is C20H21FN4OS. The van der Waals surface area contributed by atoms with Gasteiger partial charge in [0.25, 0.3) is 5.91 Å². The van der Waals surface area contributed by atoms with Crippen molar-refractivity contribution in [3.05, 3.63) is 77.5 Å². The third kappa shape index (κ3) is 5.65. The molecule has 140 valence electrons. The van der Waals surface area contributed by atoms with Crippen molar-refractivity contribution in [3.8, 4) is 0 Å². The van der Waals surface area contributed by atoms with Gasteiger partial charge < -0.3 is 5.32 Å². The van der Waals surface area contributed by atoms with E-state index in [0.717, 1.165) is 24.1 Å². The third-order valence-corrected chi connectivity index (χ3v) is 4.99. The molecule has 7 heteroatoms. The lowest BCUT2D eigenvalue weighted by molar-refractivity contribution is 0.0949. The van der Waals surface area contributed by atoms with E-state index in [4.69, 9.17) is 0 Å². The Balaban J connectivity index is 1.52. The molecule has 3 aromatic rings. The van der Waals surface area contributed by atoms with E-state index in [0.29, 0.717) is 22.9 Å². The number of hydrogen-bond donors (Lipinski definition) is 1. The van der Waals surface area contributed by atoms with Gasteiger partial charge in [0.2, 0.25) is 0 Å². The van der Waals surface area contributed by atoms with E-state index in [9.17, 15) is 9.18 Å². The molecule has 1 aromatic carbocycles. The SMILES string of the molecule is Cc1cnn(CCCNC(=O)c2cccnc2SCc2ccc(F)cc2)c1. The molecule has 2 heterocycles. The summed E-state index contributed by atoms with van der Waals surface area (Å²) in [5.41, 5.74) is 2.66. The quantitative estimate of drug-likeness (QED) is 0.474. The van der Waals surface area contributed by atoms with Gasteiger partial charge >= 0.3 is 0 Å². The number of thioether (sulfide) groups is 1. The van der Waals surface area contributed by atoms with Crippen LogP contribution in [0.15, 0.2) is 60.0 Å². The molecule has 0 spiro atoms. The topological polar surface area (TPSA) is 59.8 Å². The van der Waals surface area contributed by atoms with Crippen molar-refractivity contribution in [1.29, 1.82) is 0 Å². The van der Waals surface area contributed by atoms with Crippen LogP contribution >= 0.6 is 11.8 Å². The number of nitrogens with zero attached hydrogens (tertiary/aromatic N) is 3. The van der Waals surface area contributed by atoms with E-state index in [2.05, 4.69) is 15.4 Å². The first-order chi connectivity index (χ1) is 13.1. The molecule has 0 atom stereocenters. The number of rotatable bonds is 8. The van der Waals surface area contributed by atoms with Crippen LogP contribution in [0.5, 0.6) is 0 Å². The van der Waals surface area contributed by atoms with Crippen molar-refractivity contribution in [2.75, 3.05) is 6.54 Å². The summed E-state index contributed by atoms with van der Waals surface area (Å²) in [6.07, 6.45) is 6.26. The van der Waals surface area contributed by atoms with Gasteiger partial charge in [-0.2, -0.15) is 5.10 Å². The second-order valence-corrected chi connectivity index (χ2v) is 7.13. The summed E-state index contributed by atoms with van der Waals surface area (Å²) in [5.74, 6) is 0.226. The summed E-state index contributed by atoms with van der Waals surface area (Å²) < 4.78 is 14.9. The molecule has 0 aliphatic rings. The number of aryl methyl sites for hydroxylation is 2. The van der Waals surface area contributed by atoms with E-state index < -0.39 is 0 Å². The number of aromatic nitrogens is 3. The van der Waals surface area contributed by atoms with Gasteiger partial charge in [-0.05, 0) is 48.7 Å². The van der Waals surface area contributed by atoms with Crippen molar-refractivity contribution < 1.29 is 9.18 Å². The molecule has 5 nitrogen and oxygen atoms in total. The Morgan fingerprint density at radius 3 is 2.81 bits per heavy atom. The van der Waals surface area contributed by atoms with Crippen LogP contribution in [0.4, 0.5) is 4.39 Å². The Kier molecular flexibility index (Phi) is 6.59. The van der Waals surface area contributed by atoms with Gasteiger partial charge in [0.1, 0.15) is 10.8 Å². The Morgan fingerprint density at radius 1 is 1.26 bits per heavy atom. The monoisotopic (exact) mass is 384 g/mol. The highest BCUT2D eigenvalue weighted by Gasteiger charge is 2.12. The Morgan fingerprint density at radius 2 is 2.07 bits per heavy atom. The highest BCUT2D eigenvalue weighted by atomic mass is 32.2. The molecule has 0 saturated heterocycles. The van der Waals surface area contributed by atoms with Crippen LogP contribution in [0.1, 0.15) is 27.9 Å². The number of benzene rings is 1. The average molecular weight is 384 g/mol. The van der Waals surface area contributed by atoms with Crippen molar-refractivity contribution in [2.45, 2.75) is 30.7 Å². The van der Waals surface area contributed by atoms with Crippen molar-refractivity contribution >= 4 is 17.7 Å². The average Bonchev–Trinajstić information content (AvgIpc) is 3.10. The zero-order chi connectivity index (χ0) is 19.1. The van der Waals surface area contributed by atoms with Crippen LogP contribution in [-0.4, -0.2) is 27.2 Å². The molecular weight excluding hydrogens is 363 g/mol. The van der Waals surface area contributed by atoms with Crippen molar-refractivity contribution in [2.24, 2.45) is 0 Å². The summed E-state index contributed by atoms with van der Waals surface area (Å²) in [6, 6.07) is 9.87. The van der Waals surface area contributed by atoms with E-state index in [1.165, 1.54) is 23.9 Å². The first-order valence-electron chi connectivity index (χ1n) is 8.71. The van der Waals surface area contributed by atoms with E-state index >= 15 is 0 Å². The van der Waals surface area contributed by atoms with E-state index in [1.54, 1.807) is 30.5 Å². The fraction of sp³-hybridized carbons (Fsp3) is 0.250. The third-order valence-electron chi connectivity index (χ3n) is 3.92. The molecule has 1 N–H and O–H groups in total. The summed E-state index contributed by atoms with van der Waals surface area (Å²) in [4.78, 5) is 16.8. The number of carbonyl (C=O) groups excluding carboxylic acids is 1. The number of amides is 1. The van der Waals surface area contributed by atoms with Crippen molar-refractivity contribution in [1.82, 2.24) is 20.1 Å². The summed E-state index contributed by atoms with van der Waals surface area (Å²) in [7, 11) is 0. The van der Waals surface area contributed by atoms with Crippen LogP contribution in [0.2, 0.25) is 0 Å². The maximum atomic E-state index is 13.0. The smallest absolute Gasteiger partial charge is 0.254 e. The lowest BCUT2D eigenvalue weighted by Crippen LogP contribution is -2.26. The molecule has 1 amide bonds. The summed E-state index contributed by atoms with van der Waals surface area (Å²) >= 11 is 1.46. The predicted octanol–water partition coefficient (Wildman–Crippen LogP) is 3.84. The fourth-order valence-corrected chi connectivity index (χ4v) is 3.49. The van der Waals surface area contributed by atoms with Gasteiger partial charge in [-0.25, -0.2) is 9.37 Å². The van der Waals surface area contributed by atoms with Crippen LogP contribution in [0, 0.1) is 12.7 Å². The molecule has 0 aliphatic heterocycles. The number of hydrogen-bond acceptors (Lipinski definition) is 4. The number of nitrogens with one attached hydrogen (secondary N) is 1. The van der Waals surface area contributed by atoms with Crippen LogP contribution in [0.25, 0.3) is 0 Å². The first kappa shape index (κ1) is 19.1. The number of pyridine rings is 1. The first-order valence-corrected chi connectivity index (χ1v) is 9.70. The second kappa shape index (κ2) is 9.32. The molecule has 0 bridgehead atoms.